The van der Waals surface area contributed by atoms with E-state index in [0.29, 0.717) is 13.2 Å². The van der Waals surface area contributed by atoms with E-state index in [-0.39, 0.29) is 0 Å². The van der Waals surface area contributed by atoms with Crippen LogP contribution >= 0.6 is 8.25 Å². The molecule has 0 rings (SSSR count). The monoisotopic (exact) mass is 673 g/mol. The van der Waals surface area contributed by atoms with Crippen molar-refractivity contribution in [3.63, 3.8) is 0 Å². The minimum atomic E-state index is -2.03. The highest BCUT2D eigenvalue weighted by Gasteiger charge is 2.18. The lowest BCUT2D eigenvalue weighted by molar-refractivity contribution is 0.222. The summed E-state index contributed by atoms with van der Waals surface area (Å²) in [6.07, 6.45) is 68.4. The van der Waals surface area contributed by atoms with Crippen molar-refractivity contribution in [3.05, 3.63) is 146 Å². The summed E-state index contributed by atoms with van der Waals surface area (Å²) in [6.45, 7) is 5.22. The Morgan fingerprint density at radius 1 is 0.333 bits per heavy atom. The lowest BCUT2D eigenvalue weighted by Crippen LogP contribution is -1.90. The lowest BCUT2D eigenvalue weighted by Gasteiger charge is -1.92. The second-order valence-corrected chi connectivity index (χ2v) is 12.0. The molecule has 0 aliphatic heterocycles. The first-order chi connectivity index (χ1) is 23.8. The van der Waals surface area contributed by atoms with Crippen molar-refractivity contribution in [1.82, 2.24) is 0 Å². The minimum absolute atomic E-state index is 0.453. The maximum atomic E-state index is 11.9. The minimum Gasteiger partial charge on any atom is -0.119 e. The van der Waals surface area contributed by atoms with Gasteiger partial charge in [0.2, 0.25) is 0 Å². The highest BCUT2D eigenvalue weighted by Crippen LogP contribution is 2.24. The third kappa shape index (κ3) is 40.9. The third-order valence-corrected chi connectivity index (χ3v) is 7.40. The van der Waals surface area contributed by atoms with Crippen LogP contribution in [0, 0.1) is 0 Å². The van der Waals surface area contributed by atoms with Crippen LogP contribution in [0.4, 0.5) is 0 Å². The summed E-state index contributed by atoms with van der Waals surface area (Å²) in [5, 5.41) is 0. The Bertz CT molecular complexity index is 992. The SMILES string of the molecule is CC/C=C\C/C=C\C/C=C\C/C=C\C/C=C\C/C=C\CCCO[P+](=O)OCCC/C=C\C/C=C\C/C=C\C/C=C\C/C=C\C/C=C\CC. The third-order valence-electron chi connectivity index (χ3n) is 6.62. The number of allylic oxidation sites excluding steroid dienone is 24. The van der Waals surface area contributed by atoms with E-state index in [1.54, 1.807) is 0 Å². The Kier molecular flexibility index (Phi) is 39.2. The van der Waals surface area contributed by atoms with Crippen LogP contribution in [0.5, 0.6) is 0 Å². The van der Waals surface area contributed by atoms with Gasteiger partial charge in [-0.3, -0.25) is 0 Å². The van der Waals surface area contributed by atoms with Gasteiger partial charge in [0.25, 0.3) is 0 Å². The van der Waals surface area contributed by atoms with Gasteiger partial charge in [0.15, 0.2) is 0 Å². The van der Waals surface area contributed by atoms with Gasteiger partial charge < -0.3 is 0 Å². The van der Waals surface area contributed by atoms with E-state index in [0.717, 1.165) is 103 Å². The Hall–Kier alpha value is -3.10. The highest BCUT2D eigenvalue weighted by atomic mass is 31.1. The molecule has 0 heterocycles. The van der Waals surface area contributed by atoms with Gasteiger partial charge in [0.1, 0.15) is 13.2 Å². The molecule has 48 heavy (non-hydrogen) atoms. The van der Waals surface area contributed by atoms with Crippen LogP contribution in [-0.4, -0.2) is 13.2 Å². The smallest absolute Gasteiger partial charge is 0.119 e. The van der Waals surface area contributed by atoms with E-state index in [9.17, 15) is 4.57 Å². The predicted octanol–water partition coefficient (Wildman–Crippen LogP) is 14.6. The second kappa shape index (κ2) is 41.9. The molecular formula is C44H66O3P+. The fourth-order valence-corrected chi connectivity index (χ4v) is 4.63. The fraction of sp³-hybridized carbons (Fsp3) is 0.455. The van der Waals surface area contributed by atoms with Crippen molar-refractivity contribution in [1.29, 1.82) is 0 Å². The molecule has 4 heteroatoms. The summed E-state index contributed by atoms with van der Waals surface area (Å²) in [4.78, 5) is 0. The normalized spacial score (nSPS) is 13.5. The van der Waals surface area contributed by atoms with E-state index in [2.05, 4.69) is 160 Å². The Labute approximate surface area is 296 Å². The number of unbranched alkanes of at least 4 members (excludes halogenated alkanes) is 2. The Morgan fingerprint density at radius 3 is 0.771 bits per heavy atom. The van der Waals surface area contributed by atoms with Crippen molar-refractivity contribution < 1.29 is 13.6 Å². The molecule has 0 atom stereocenters. The van der Waals surface area contributed by atoms with Crippen molar-refractivity contribution in [2.75, 3.05) is 13.2 Å². The zero-order valence-corrected chi connectivity index (χ0v) is 31.2. The molecule has 0 aromatic carbocycles. The van der Waals surface area contributed by atoms with Gasteiger partial charge >= 0.3 is 8.25 Å². The average molecular weight is 674 g/mol. The summed E-state index contributed by atoms with van der Waals surface area (Å²) < 4.78 is 22.5. The fourth-order valence-electron chi connectivity index (χ4n) is 4.00. The number of hydrogen-bond acceptors (Lipinski definition) is 3. The zero-order valence-electron chi connectivity index (χ0n) is 30.3. The molecule has 0 fully saturated rings. The topological polar surface area (TPSA) is 35.5 Å². The van der Waals surface area contributed by atoms with Gasteiger partial charge in [-0.15, -0.1) is 9.05 Å². The predicted molar refractivity (Wildman–Crippen MR) is 214 cm³/mol. The molecule has 0 radical (unpaired) electrons. The van der Waals surface area contributed by atoms with Crippen LogP contribution in [0.1, 0.15) is 117 Å². The molecule has 0 aliphatic rings. The van der Waals surface area contributed by atoms with E-state index in [1.165, 1.54) is 0 Å². The molecule has 0 aliphatic carbocycles. The highest BCUT2D eigenvalue weighted by molar-refractivity contribution is 7.33. The molecule has 0 aromatic heterocycles. The van der Waals surface area contributed by atoms with Gasteiger partial charge in [0.05, 0.1) is 0 Å². The van der Waals surface area contributed by atoms with Gasteiger partial charge in [-0.2, -0.15) is 0 Å². The average Bonchev–Trinajstić information content (AvgIpc) is 3.09. The van der Waals surface area contributed by atoms with Gasteiger partial charge in [-0.05, 0) is 103 Å². The summed E-state index contributed by atoms with van der Waals surface area (Å²) in [6, 6.07) is 0. The largest absolute Gasteiger partial charge is 0.697 e. The van der Waals surface area contributed by atoms with Crippen LogP contribution in [0.25, 0.3) is 0 Å². The first-order valence-corrected chi connectivity index (χ1v) is 19.4. The van der Waals surface area contributed by atoms with Crippen LogP contribution < -0.4 is 0 Å². The van der Waals surface area contributed by atoms with Crippen LogP contribution in [0.3, 0.4) is 0 Å². The molecule has 0 spiro atoms. The molecule has 0 N–H and O–H groups in total. The van der Waals surface area contributed by atoms with Gasteiger partial charge in [-0.25, -0.2) is 0 Å². The Balaban J connectivity index is 3.57. The van der Waals surface area contributed by atoms with Crippen molar-refractivity contribution >= 4 is 8.25 Å². The molecule has 0 saturated carbocycles. The summed E-state index contributed by atoms with van der Waals surface area (Å²) in [5.74, 6) is 0. The van der Waals surface area contributed by atoms with Gasteiger partial charge in [-0.1, -0.05) is 160 Å². The molecule has 0 saturated heterocycles. The molecule has 0 aromatic rings. The molecule has 3 nitrogen and oxygen atoms in total. The quantitative estimate of drug-likeness (QED) is 0.0405. The van der Waals surface area contributed by atoms with E-state index < -0.39 is 8.25 Å². The Morgan fingerprint density at radius 2 is 0.542 bits per heavy atom. The van der Waals surface area contributed by atoms with Crippen LogP contribution in [0.2, 0.25) is 0 Å². The standard InChI is InChI=1S/C44H66O3P/c1-3-5-7-9-11-13-15-17-19-21-23-25-27-29-31-33-35-37-39-41-43-46-48(45)47-44-42-40-38-36-34-32-30-28-26-24-22-20-18-16-14-12-10-8-6-4-2/h5-8,11-14,17-20,23-26,29-32,35-38H,3-4,9-10,15-16,21-22,27-28,33-34,39-44H2,1-2H3/q+1/b7-5-,8-6-,13-11-,14-12-,19-17-,20-18-,25-23-,26-24-,31-29-,32-30-,37-35-,38-36-. The molecule has 264 valence electrons. The van der Waals surface area contributed by atoms with Crippen LogP contribution in [0.15, 0.2) is 146 Å². The van der Waals surface area contributed by atoms with Crippen molar-refractivity contribution in [3.8, 4) is 0 Å². The van der Waals surface area contributed by atoms with E-state index in [4.69, 9.17) is 9.05 Å². The number of hydrogen-bond donors (Lipinski definition) is 0. The first-order valence-electron chi connectivity index (χ1n) is 18.3. The van der Waals surface area contributed by atoms with E-state index in [1.807, 2.05) is 0 Å². The summed E-state index contributed by atoms with van der Waals surface area (Å²) in [7, 11) is -2.03. The summed E-state index contributed by atoms with van der Waals surface area (Å²) in [5.41, 5.74) is 0. The number of rotatable bonds is 32. The molecular weight excluding hydrogens is 607 g/mol. The van der Waals surface area contributed by atoms with Crippen molar-refractivity contribution in [2.45, 2.75) is 117 Å². The van der Waals surface area contributed by atoms with Crippen molar-refractivity contribution in [2.24, 2.45) is 0 Å². The van der Waals surface area contributed by atoms with E-state index >= 15 is 0 Å². The van der Waals surface area contributed by atoms with Gasteiger partial charge in [0, 0.05) is 4.57 Å². The molecule has 0 bridgehead atoms. The molecule has 0 unspecified atom stereocenters. The maximum Gasteiger partial charge on any atom is 0.697 e. The zero-order chi connectivity index (χ0) is 34.7. The first kappa shape index (κ1) is 44.9. The lowest BCUT2D eigenvalue weighted by atomic mass is 10.2. The second-order valence-electron chi connectivity index (χ2n) is 11.0. The summed E-state index contributed by atoms with van der Waals surface area (Å²) >= 11 is 0. The molecule has 0 amide bonds. The van der Waals surface area contributed by atoms with Crippen LogP contribution in [-0.2, 0) is 13.6 Å². The maximum absolute atomic E-state index is 11.9.